The Morgan fingerprint density at radius 1 is 0.871 bits per heavy atom. The Kier molecular flexibility index (Phi) is 7.91. The van der Waals surface area contributed by atoms with Crippen molar-refractivity contribution in [3.8, 4) is 5.75 Å². The van der Waals surface area contributed by atoms with Crippen LogP contribution in [0.3, 0.4) is 0 Å². The van der Waals surface area contributed by atoms with E-state index < -0.39 is 6.10 Å². The Hall–Kier alpha value is -2.59. The summed E-state index contributed by atoms with van der Waals surface area (Å²) in [5.74, 6) is 0.221. The topological polar surface area (TPSA) is 57.1 Å². The first-order valence-electron chi connectivity index (χ1n) is 10.8. The molecule has 0 amide bonds. The predicted molar refractivity (Wildman–Crippen MR) is 121 cm³/mol. The lowest BCUT2D eigenvalue weighted by atomic mass is 9.93. The second-order valence-electron chi connectivity index (χ2n) is 8.14. The lowest BCUT2D eigenvalue weighted by Crippen LogP contribution is -3.00. The van der Waals surface area contributed by atoms with Crippen molar-refractivity contribution in [1.82, 2.24) is 0 Å². The highest BCUT2D eigenvalue weighted by molar-refractivity contribution is 5.83. The minimum atomic E-state index is -0.558. The summed E-state index contributed by atoms with van der Waals surface area (Å²) < 4.78 is 0. The van der Waals surface area contributed by atoms with Gasteiger partial charge in [-0.15, -0.1) is 0 Å². The average Bonchev–Trinajstić information content (AvgIpc) is 2.94. The molecule has 4 heteroatoms. The lowest BCUT2D eigenvalue weighted by molar-refractivity contribution is -0.693. The molecule has 2 unspecified atom stereocenters. The van der Waals surface area contributed by atoms with E-state index >= 15 is 0 Å². The Morgan fingerprint density at radius 2 is 1.42 bits per heavy atom. The van der Waals surface area contributed by atoms with Gasteiger partial charge in [-0.2, -0.15) is 0 Å². The molecule has 4 rings (SSSR count). The molecule has 3 aromatic carbocycles. The number of quaternary nitrogens is 1. The standard InChI is InChI=1S/C27H29NO2.ClH/c1-19(27(30)22-14-16-23(29)17-15-22)28-18-6-11-26-24-9-4-2-7-20(24)12-13-21-8-3-5-10-25(21)26;/h2-5,7-11,14-17,19,27-30H,6,12-13,18H2,1H3;1H. The monoisotopic (exact) mass is 435 g/mol. The number of hydrogen-bond donors (Lipinski definition) is 3. The number of aromatic hydroxyl groups is 1. The number of fused-ring (bicyclic) bond motifs is 2. The molecule has 0 spiro atoms. The summed E-state index contributed by atoms with van der Waals surface area (Å²) in [6, 6.07) is 24.3. The van der Waals surface area contributed by atoms with E-state index in [4.69, 9.17) is 0 Å². The fourth-order valence-electron chi connectivity index (χ4n) is 4.33. The average molecular weight is 436 g/mol. The van der Waals surface area contributed by atoms with Crippen LogP contribution >= 0.6 is 0 Å². The highest BCUT2D eigenvalue weighted by Crippen LogP contribution is 2.33. The third-order valence-corrected chi connectivity index (χ3v) is 6.06. The van der Waals surface area contributed by atoms with E-state index in [0.29, 0.717) is 0 Å². The number of halogens is 1. The predicted octanol–water partition coefficient (Wildman–Crippen LogP) is 1.00. The van der Waals surface area contributed by atoms with E-state index in [1.54, 1.807) is 24.3 Å². The van der Waals surface area contributed by atoms with Gasteiger partial charge in [0.15, 0.2) is 0 Å². The zero-order chi connectivity index (χ0) is 20.9. The van der Waals surface area contributed by atoms with Crippen LogP contribution < -0.4 is 17.7 Å². The van der Waals surface area contributed by atoms with Crippen molar-refractivity contribution in [2.45, 2.75) is 38.3 Å². The SMILES string of the molecule is CC([NH2+]CCC=C1c2ccccc2CCc2ccccc21)C(O)c1ccc(O)cc1.[Cl-]. The van der Waals surface area contributed by atoms with Gasteiger partial charge in [-0.05, 0) is 65.3 Å². The highest BCUT2D eigenvalue weighted by Gasteiger charge is 2.20. The normalized spacial score (nSPS) is 14.5. The zero-order valence-corrected chi connectivity index (χ0v) is 18.6. The van der Waals surface area contributed by atoms with Crippen LogP contribution in [-0.2, 0) is 12.8 Å². The first-order valence-corrected chi connectivity index (χ1v) is 10.8. The lowest BCUT2D eigenvalue weighted by Gasteiger charge is -2.18. The van der Waals surface area contributed by atoms with Gasteiger partial charge in [0.25, 0.3) is 0 Å². The van der Waals surface area contributed by atoms with E-state index in [0.717, 1.165) is 31.4 Å². The van der Waals surface area contributed by atoms with Gasteiger partial charge in [0.2, 0.25) is 0 Å². The summed E-state index contributed by atoms with van der Waals surface area (Å²) >= 11 is 0. The molecule has 3 nitrogen and oxygen atoms in total. The number of benzene rings is 3. The summed E-state index contributed by atoms with van der Waals surface area (Å²) in [5, 5.41) is 22.2. The van der Waals surface area contributed by atoms with Gasteiger partial charge in [-0.1, -0.05) is 66.7 Å². The third-order valence-electron chi connectivity index (χ3n) is 6.06. The van der Waals surface area contributed by atoms with Crippen molar-refractivity contribution in [1.29, 1.82) is 0 Å². The fourth-order valence-corrected chi connectivity index (χ4v) is 4.33. The smallest absolute Gasteiger partial charge is 0.130 e. The Balaban J connectivity index is 0.00000272. The molecule has 0 radical (unpaired) electrons. The molecule has 4 N–H and O–H groups in total. The number of aliphatic hydroxyl groups excluding tert-OH is 1. The van der Waals surface area contributed by atoms with Crippen LogP contribution in [0.4, 0.5) is 0 Å². The Labute approximate surface area is 190 Å². The summed E-state index contributed by atoms with van der Waals surface area (Å²) in [6.45, 7) is 2.95. The fraction of sp³-hybridized carbons (Fsp3) is 0.259. The quantitative estimate of drug-likeness (QED) is 0.506. The number of phenolic OH excluding ortho intramolecular Hbond substituents is 1. The van der Waals surface area contributed by atoms with Gasteiger partial charge in [-0.25, -0.2) is 0 Å². The van der Waals surface area contributed by atoms with E-state index in [1.807, 2.05) is 6.92 Å². The molecule has 0 aliphatic heterocycles. The molecule has 0 aromatic heterocycles. The molecule has 0 heterocycles. The number of aliphatic hydroxyl groups is 1. The molecule has 1 aliphatic rings. The van der Waals surface area contributed by atoms with Crippen molar-refractivity contribution < 1.29 is 27.9 Å². The van der Waals surface area contributed by atoms with Gasteiger partial charge in [-0.3, -0.25) is 0 Å². The van der Waals surface area contributed by atoms with Crippen molar-refractivity contribution in [2.24, 2.45) is 0 Å². The molecule has 1 aliphatic carbocycles. The van der Waals surface area contributed by atoms with E-state index in [2.05, 4.69) is 59.9 Å². The molecule has 0 fully saturated rings. The second kappa shape index (κ2) is 10.6. The first-order chi connectivity index (χ1) is 14.6. The van der Waals surface area contributed by atoms with Crippen molar-refractivity contribution in [3.05, 3.63) is 107 Å². The van der Waals surface area contributed by atoms with E-state index in [1.165, 1.54) is 27.8 Å². The molecule has 2 atom stereocenters. The van der Waals surface area contributed by atoms with Gasteiger partial charge in [0, 0.05) is 6.42 Å². The van der Waals surface area contributed by atoms with Crippen molar-refractivity contribution in [2.75, 3.05) is 6.54 Å². The van der Waals surface area contributed by atoms with Crippen LogP contribution in [0.25, 0.3) is 5.57 Å². The Morgan fingerprint density at radius 3 is 2.00 bits per heavy atom. The third kappa shape index (κ3) is 5.37. The van der Waals surface area contributed by atoms with Crippen LogP contribution in [0.2, 0.25) is 0 Å². The maximum absolute atomic E-state index is 10.6. The molecule has 0 saturated heterocycles. The summed E-state index contributed by atoms with van der Waals surface area (Å²) in [4.78, 5) is 0. The van der Waals surface area contributed by atoms with Crippen LogP contribution in [0.1, 0.15) is 47.3 Å². The molecule has 162 valence electrons. The number of hydrogen-bond acceptors (Lipinski definition) is 2. The van der Waals surface area contributed by atoms with Crippen LogP contribution in [0.15, 0.2) is 78.9 Å². The van der Waals surface area contributed by atoms with Gasteiger partial charge < -0.3 is 27.9 Å². The van der Waals surface area contributed by atoms with E-state index in [-0.39, 0.29) is 24.2 Å². The Bertz CT molecular complexity index is 980. The van der Waals surface area contributed by atoms with Gasteiger partial charge >= 0.3 is 0 Å². The number of rotatable bonds is 6. The second-order valence-corrected chi connectivity index (χ2v) is 8.14. The zero-order valence-electron chi connectivity index (χ0n) is 17.8. The van der Waals surface area contributed by atoms with Gasteiger partial charge in [0.1, 0.15) is 17.9 Å². The van der Waals surface area contributed by atoms with Crippen LogP contribution in [-0.4, -0.2) is 22.8 Å². The molecule has 31 heavy (non-hydrogen) atoms. The summed E-state index contributed by atoms with van der Waals surface area (Å²) in [7, 11) is 0. The minimum absolute atomic E-state index is 0. The van der Waals surface area contributed by atoms with Crippen molar-refractivity contribution in [3.63, 3.8) is 0 Å². The highest BCUT2D eigenvalue weighted by atomic mass is 35.5. The number of aryl methyl sites for hydroxylation is 2. The molecule has 3 aromatic rings. The first kappa shape index (κ1) is 23.1. The largest absolute Gasteiger partial charge is 1.00 e. The van der Waals surface area contributed by atoms with Gasteiger partial charge in [0.05, 0.1) is 6.54 Å². The maximum Gasteiger partial charge on any atom is 0.130 e. The molecule has 0 saturated carbocycles. The summed E-state index contributed by atoms with van der Waals surface area (Å²) in [5.41, 5.74) is 7.69. The number of nitrogens with two attached hydrogens (primary N) is 1. The molecular weight excluding hydrogens is 406 g/mol. The molecular formula is C27H30ClNO2. The summed E-state index contributed by atoms with van der Waals surface area (Å²) in [6.07, 6.45) is 4.89. The molecule has 0 bridgehead atoms. The van der Waals surface area contributed by atoms with E-state index in [9.17, 15) is 10.2 Å². The van der Waals surface area contributed by atoms with Crippen LogP contribution in [0, 0.1) is 0 Å². The maximum atomic E-state index is 10.6. The van der Waals surface area contributed by atoms with Crippen molar-refractivity contribution >= 4 is 5.57 Å². The number of phenols is 1. The van der Waals surface area contributed by atoms with Crippen LogP contribution in [0.5, 0.6) is 5.75 Å². The minimum Gasteiger partial charge on any atom is -1.00 e.